The normalized spacial score (nSPS) is 12.1. The molecule has 34 heavy (non-hydrogen) atoms. The maximum atomic E-state index is 12.8. The monoisotopic (exact) mass is 462 g/mol. The minimum absolute atomic E-state index is 0.131. The van der Waals surface area contributed by atoms with E-state index in [1.54, 1.807) is 14.0 Å². The van der Waals surface area contributed by atoms with Crippen LogP contribution in [0.25, 0.3) is 0 Å². The summed E-state index contributed by atoms with van der Waals surface area (Å²) in [5.74, 6) is 0.261. The number of fused-ring (bicyclic) bond motifs is 1. The van der Waals surface area contributed by atoms with Gasteiger partial charge in [0.15, 0.2) is 0 Å². The molecule has 0 aliphatic carbocycles. The van der Waals surface area contributed by atoms with Crippen molar-refractivity contribution in [1.29, 1.82) is 0 Å². The zero-order valence-corrected chi connectivity index (χ0v) is 19.1. The van der Waals surface area contributed by atoms with Gasteiger partial charge in [-0.1, -0.05) is 30.3 Å². The number of anilines is 2. The van der Waals surface area contributed by atoms with Gasteiger partial charge >= 0.3 is 5.97 Å². The zero-order chi connectivity index (χ0) is 23.9. The van der Waals surface area contributed by atoms with Gasteiger partial charge < -0.3 is 24.4 Å². The Labute approximate surface area is 197 Å². The lowest BCUT2D eigenvalue weighted by molar-refractivity contribution is -0.141. The molecule has 0 spiro atoms. The number of methoxy groups -OCH3 is 1. The van der Waals surface area contributed by atoms with Gasteiger partial charge in [0.1, 0.15) is 24.5 Å². The molecule has 4 rings (SSSR count). The summed E-state index contributed by atoms with van der Waals surface area (Å²) in [6.45, 7) is 2.60. The van der Waals surface area contributed by atoms with Crippen LogP contribution in [0.1, 0.15) is 28.4 Å². The molecule has 1 aliphatic heterocycles. The lowest BCUT2D eigenvalue weighted by Gasteiger charge is -2.19. The third kappa shape index (κ3) is 5.25. The fraction of sp³-hybridized carbons (Fsp3) is 0.280. The Bertz CT molecular complexity index is 1170. The van der Waals surface area contributed by atoms with E-state index in [0.29, 0.717) is 5.95 Å². The molecule has 1 aromatic heterocycles. The van der Waals surface area contributed by atoms with E-state index in [9.17, 15) is 9.59 Å². The van der Waals surface area contributed by atoms with Crippen LogP contribution in [0.3, 0.4) is 0 Å². The van der Waals surface area contributed by atoms with Gasteiger partial charge in [-0.25, -0.2) is 4.98 Å². The first-order chi connectivity index (χ1) is 16.6. The molecule has 0 radical (unpaired) electrons. The number of carbonyl (C=O) groups excluding carboxylic acids is 2. The zero-order valence-electron chi connectivity index (χ0n) is 19.1. The van der Waals surface area contributed by atoms with Crippen LogP contribution in [-0.4, -0.2) is 48.7 Å². The smallest absolute Gasteiger partial charge is 0.325 e. The topological polar surface area (TPSA) is 103 Å². The first-order valence-corrected chi connectivity index (χ1v) is 11.0. The van der Waals surface area contributed by atoms with Crippen LogP contribution in [0.5, 0.6) is 11.6 Å². The molecule has 9 nitrogen and oxygen atoms in total. The number of hydrogen-bond acceptors (Lipinski definition) is 8. The van der Waals surface area contributed by atoms with Crippen LogP contribution in [-0.2, 0) is 22.6 Å². The van der Waals surface area contributed by atoms with Gasteiger partial charge in [-0.15, -0.1) is 0 Å². The van der Waals surface area contributed by atoms with Gasteiger partial charge in [-0.3, -0.25) is 9.59 Å². The van der Waals surface area contributed by atoms with E-state index in [4.69, 9.17) is 14.2 Å². The van der Waals surface area contributed by atoms with Crippen molar-refractivity contribution >= 4 is 23.5 Å². The third-order valence-corrected chi connectivity index (χ3v) is 5.35. The first-order valence-electron chi connectivity index (χ1n) is 11.0. The van der Waals surface area contributed by atoms with E-state index in [0.717, 1.165) is 30.0 Å². The Morgan fingerprint density at radius 1 is 1.12 bits per heavy atom. The van der Waals surface area contributed by atoms with Crippen LogP contribution >= 0.6 is 0 Å². The molecular formula is C25H26N4O5. The Kier molecular flexibility index (Phi) is 7.22. The molecule has 0 saturated heterocycles. The highest BCUT2D eigenvalue weighted by molar-refractivity contribution is 5.97. The summed E-state index contributed by atoms with van der Waals surface area (Å²) >= 11 is 0. The molecule has 9 heteroatoms. The number of aromatic nitrogens is 2. The van der Waals surface area contributed by atoms with E-state index in [1.165, 1.54) is 11.8 Å². The molecule has 0 bridgehead atoms. The second-order valence-corrected chi connectivity index (χ2v) is 7.54. The van der Waals surface area contributed by atoms with Crippen LogP contribution in [0, 0.1) is 0 Å². The second kappa shape index (κ2) is 10.7. The molecule has 1 N–H and O–H groups in total. The van der Waals surface area contributed by atoms with E-state index in [-0.39, 0.29) is 31.2 Å². The molecule has 0 unspecified atom stereocenters. The van der Waals surface area contributed by atoms with Crippen molar-refractivity contribution < 1.29 is 23.8 Å². The number of rotatable bonds is 9. The number of ether oxygens (including phenoxy) is 3. The molecule has 1 aliphatic rings. The van der Waals surface area contributed by atoms with E-state index < -0.39 is 11.9 Å². The quantitative estimate of drug-likeness (QED) is 0.484. The van der Waals surface area contributed by atoms with Gasteiger partial charge in [-0.2, -0.15) is 4.98 Å². The van der Waals surface area contributed by atoms with E-state index in [1.807, 2.05) is 47.4 Å². The van der Waals surface area contributed by atoms with E-state index in [2.05, 4.69) is 21.4 Å². The molecule has 0 saturated carbocycles. The Morgan fingerprint density at radius 2 is 1.91 bits per heavy atom. The maximum Gasteiger partial charge on any atom is 0.325 e. The standard InChI is InChI=1S/C25H26N4O5/c1-3-33-22(30)15-26-23(31)20-14-27-25(29-13-12-18-6-4-5-7-21(18)29)28-24(20)34-16-17-8-10-19(32-2)11-9-17/h4-11,14H,3,12-13,15-16H2,1-2H3,(H,26,31). The van der Waals surface area contributed by atoms with Crippen molar-refractivity contribution in [2.75, 3.05) is 31.7 Å². The predicted molar refractivity (Wildman–Crippen MR) is 125 cm³/mol. The minimum Gasteiger partial charge on any atom is -0.497 e. The highest BCUT2D eigenvalue weighted by atomic mass is 16.5. The summed E-state index contributed by atoms with van der Waals surface area (Å²) in [6, 6.07) is 15.5. The van der Waals surface area contributed by atoms with Crippen LogP contribution < -0.4 is 19.7 Å². The SMILES string of the molecule is CCOC(=O)CNC(=O)c1cnc(N2CCc3ccccc32)nc1OCc1ccc(OC)cc1. The Hall–Kier alpha value is -4.14. The summed E-state index contributed by atoms with van der Waals surface area (Å²) in [5.41, 5.74) is 3.26. The average Bonchev–Trinajstić information content (AvgIpc) is 3.30. The van der Waals surface area contributed by atoms with Crippen molar-refractivity contribution in [2.45, 2.75) is 20.0 Å². The second-order valence-electron chi connectivity index (χ2n) is 7.54. The van der Waals surface area contributed by atoms with Gasteiger partial charge in [0.25, 0.3) is 5.91 Å². The summed E-state index contributed by atoms with van der Waals surface area (Å²) < 4.78 is 16.0. The number of nitrogens with one attached hydrogen (secondary N) is 1. The third-order valence-electron chi connectivity index (χ3n) is 5.35. The highest BCUT2D eigenvalue weighted by Gasteiger charge is 2.25. The number of nitrogens with zero attached hydrogens (tertiary/aromatic N) is 3. The van der Waals surface area contributed by atoms with Crippen LogP contribution in [0.4, 0.5) is 11.6 Å². The lowest BCUT2D eigenvalue weighted by Crippen LogP contribution is -2.31. The Balaban J connectivity index is 1.58. The van der Waals surface area contributed by atoms with Gasteiger partial charge in [0.05, 0.1) is 13.7 Å². The summed E-state index contributed by atoms with van der Waals surface area (Å²) in [6.07, 6.45) is 2.30. The molecule has 2 heterocycles. The highest BCUT2D eigenvalue weighted by Crippen LogP contribution is 2.33. The summed E-state index contributed by atoms with van der Waals surface area (Å²) in [7, 11) is 1.60. The number of esters is 1. The molecule has 1 amide bonds. The van der Waals surface area contributed by atoms with Crippen molar-refractivity contribution in [2.24, 2.45) is 0 Å². The predicted octanol–water partition coefficient (Wildman–Crippen LogP) is 3.05. The minimum atomic E-state index is -0.525. The Morgan fingerprint density at radius 3 is 2.68 bits per heavy atom. The fourth-order valence-corrected chi connectivity index (χ4v) is 3.63. The van der Waals surface area contributed by atoms with Gasteiger partial charge in [-0.05, 0) is 42.7 Å². The van der Waals surface area contributed by atoms with Crippen molar-refractivity contribution in [3.8, 4) is 11.6 Å². The summed E-state index contributed by atoms with van der Waals surface area (Å²) in [4.78, 5) is 35.4. The molecule has 0 fully saturated rings. The van der Waals surface area contributed by atoms with Crippen molar-refractivity contribution in [3.05, 3.63) is 71.4 Å². The number of para-hydroxylation sites is 1. The van der Waals surface area contributed by atoms with Crippen LogP contribution in [0.2, 0.25) is 0 Å². The number of carbonyl (C=O) groups is 2. The molecule has 176 valence electrons. The largest absolute Gasteiger partial charge is 0.497 e. The molecule has 2 aromatic carbocycles. The average molecular weight is 463 g/mol. The first kappa shape index (κ1) is 23.0. The van der Waals surface area contributed by atoms with E-state index >= 15 is 0 Å². The maximum absolute atomic E-state index is 12.8. The van der Waals surface area contributed by atoms with Gasteiger partial charge in [0, 0.05) is 18.4 Å². The molecule has 3 aromatic rings. The lowest BCUT2D eigenvalue weighted by atomic mass is 10.2. The van der Waals surface area contributed by atoms with Crippen molar-refractivity contribution in [3.63, 3.8) is 0 Å². The fourth-order valence-electron chi connectivity index (χ4n) is 3.63. The van der Waals surface area contributed by atoms with Crippen LogP contribution in [0.15, 0.2) is 54.7 Å². The number of hydrogen-bond donors (Lipinski definition) is 1. The van der Waals surface area contributed by atoms with Crippen molar-refractivity contribution in [1.82, 2.24) is 15.3 Å². The number of benzene rings is 2. The number of amides is 1. The molecule has 0 atom stereocenters. The molecular weight excluding hydrogens is 436 g/mol. The van der Waals surface area contributed by atoms with Gasteiger partial charge in [0.2, 0.25) is 11.8 Å². The summed E-state index contributed by atoms with van der Waals surface area (Å²) in [5, 5.41) is 2.54.